The van der Waals surface area contributed by atoms with E-state index in [1.807, 2.05) is 31.3 Å². The van der Waals surface area contributed by atoms with Gasteiger partial charge in [0, 0.05) is 50.8 Å². The van der Waals surface area contributed by atoms with E-state index in [4.69, 9.17) is 21.1 Å². The number of ether oxygens (including phenoxy) is 2. The molecule has 2 fully saturated rings. The first kappa shape index (κ1) is 17.5. The number of nitrogens with one attached hydrogen (secondary N) is 1. The fraction of sp³-hybridized carbons (Fsp3) is 0.611. The molecule has 2 aliphatic rings. The molecule has 0 saturated carbocycles. The van der Waals surface area contributed by atoms with Gasteiger partial charge in [-0.2, -0.15) is 0 Å². The van der Waals surface area contributed by atoms with E-state index >= 15 is 0 Å². The van der Waals surface area contributed by atoms with Crippen LogP contribution in [0.15, 0.2) is 29.3 Å². The Hall–Kier alpha value is -1.30. The minimum atomic E-state index is -0.0631. The molecule has 24 heavy (non-hydrogen) atoms. The van der Waals surface area contributed by atoms with E-state index in [1.165, 1.54) is 6.42 Å². The summed E-state index contributed by atoms with van der Waals surface area (Å²) in [6.07, 6.45) is 2.27. The Kier molecular flexibility index (Phi) is 5.64. The second-order valence-corrected chi connectivity index (χ2v) is 7.12. The zero-order valence-corrected chi connectivity index (χ0v) is 15.2. The minimum absolute atomic E-state index is 0.0631. The molecule has 2 unspecified atom stereocenters. The summed E-state index contributed by atoms with van der Waals surface area (Å²) in [4.78, 5) is 6.78. The highest BCUT2D eigenvalue weighted by Crippen LogP contribution is 2.38. The number of methoxy groups -OCH3 is 1. The van der Waals surface area contributed by atoms with Gasteiger partial charge in [-0.3, -0.25) is 4.99 Å². The zero-order chi connectivity index (χ0) is 17.0. The molecule has 0 amide bonds. The SMILES string of the molecule is CN=C(NCC(OC)c1cccc(Cl)c1)N1CCC2(CCOC2)C1. The van der Waals surface area contributed by atoms with Crippen LogP contribution in [0.5, 0.6) is 0 Å². The maximum absolute atomic E-state index is 6.09. The van der Waals surface area contributed by atoms with Gasteiger partial charge in [-0.15, -0.1) is 0 Å². The Labute approximate surface area is 149 Å². The predicted octanol–water partition coefficient (Wildman–Crippen LogP) is 2.72. The molecule has 0 bridgehead atoms. The number of benzene rings is 1. The van der Waals surface area contributed by atoms with Crippen molar-refractivity contribution in [2.45, 2.75) is 18.9 Å². The van der Waals surface area contributed by atoms with Crippen molar-refractivity contribution in [3.8, 4) is 0 Å². The van der Waals surface area contributed by atoms with Crippen LogP contribution in [-0.2, 0) is 9.47 Å². The number of halogens is 1. The Morgan fingerprint density at radius 3 is 3.04 bits per heavy atom. The molecule has 2 aliphatic heterocycles. The van der Waals surface area contributed by atoms with Gasteiger partial charge in [-0.1, -0.05) is 23.7 Å². The molecule has 1 aromatic rings. The number of nitrogens with zero attached hydrogens (tertiary/aromatic N) is 2. The molecule has 0 radical (unpaired) electrons. The van der Waals surface area contributed by atoms with Gasteiger partial charge in [0.2, 0.25) is 0 Å². The number of hydrogen-bond acceptors (Lipinski definition) is 3. The molecule has 3 rings (SSSR count). The average molecular weight is 352 g/mol. The van der Waals surface area contributed by atoms with Crippen molar-refractivity contribution in [2.24, 2.45) is 10.4 Å². The van der Waals surface area contributed by atoms with Crippen molar-refractivity contribution in [2.75, 3.05) is 47.0 Å². The third kappa shape index (κ3) is 3.85. The fourth-order valence-corrected chi connectivity index (χ4v) is 3.85. The highest BCUT2D eigenvalue weighted by Gasteiger charge is 2.42. The van der Waals surface area contributed by atoms with Crippen molar-refractivity contribution in [3.05, 3.63) is 34.9 Å². The highest BCUT2D eigenvalue weighted by atomic mass is 35.5. The Balaban J connectivity index is 1.59. The summed E-state index contributed by atoms with van der Waals surface area (Å²) in [6, 6.07) is 7.80. The number of hydrogen-bond donors (Lipinski definition) is 1. The molecule has 1 N–H and O–H groups in total. The molecule has 2 saturated heterocycles. The first-order valence-corrected chi connectivity index (χ1v) is 8.85. The van der Waals surface area contributed by atoms with Crippen molar-refractivity contribution in [1.82, 2.24) is 10.2 Å². The molecule has 2 atom stereocenters. The Morgan fingerprint density at radius 1 is 1.50 bits per heavy atom. The number of rotatable bonds is 4. The first-order chi connectivity index (χ1) is 11.7. The van der Waals surface area contributed by atoms with Crippen LogP contribution in [0.25, 0.3) is 0 Å². The minimum Gasteiger partial charge on any atom is -0.381 e. The second-order valence-electron chi connectivity index (χ2n) is 6.68. The number of guanidine groups is 1. The lowest BCUT2D eigenvalue weighted by Crippen LogP contribution is -2.43. The van der Waals surface area contributed by atoms with Crippen LogP contribution in [0.2, 0.25) is 5.02 Å². The molecular formula is C18H26ClN3O2. The molecule has 2 heterocycles. The topological polar surface area (TPSA) is 46.1 Å². The van der Waals surface area contributed by atoms with Gasteiger partial charge in [-0.25, -0.2) is 0 Å². The maximum atomic E-state index is 6.09. The standard InChI is InChI=1S/C18H26ClN3O2/c1-20-17(22-8-6-18(12-22)7-9-24-13-18)21-11-16(23-2)14-4-3-5-15(19)10-14/h3-5,10,16H,6-9,11-13H2,1-2H3,(H,20,21). The van der Waals surface area contributed by atoms with E-state index in [2.05, 4.69) is 15.2 Å². The Morgan fingerprint density at radius 2 is 2.38 bits per heavy atom. The van der Waals surface area contributed by atoms with Crippen molar-refractivity contribution in [1.29, 1.82) is 0 Å². The van der Waals surface area contributed by atoms with Crippen LogP contribution in [0, 0.1) is 5.41 Å². The molecule has 5 nitrogen and oxygen atoms in total. The third-order valence-corrected chi connectivity index (χ3v) is 5.32. The molecular weight excluding hydrogens is 326 g/mol. The monoisotopic (exact) mass is 351 g/mol. The van der Waals surface area contributed by atoms with Gasteiger partial charge in [0.25, 0.3) is 0 Å². The van der Waals surface area contributed by atoms with Gasteiger partial charge in [0.1, 0.15) is 0 Å². The summed E-state index contributed by atoms with van der Waals surface area (Å²) in [5, 5.41) is 4.18. The van der Waals surface area contributed by atoms with Gasteiger partial charge < -0.3 is 19.7 Å². The van der Waals surface area contributed by atoms with Crippen molar-refractivity contribution >= 4 is 17.6 Å². The predicted molar refractivity (Wildman–Crippen MR) is 96.6 cm³/mol. The van der Waals surface area contributed by atoms with Gasteiger partial charge in [-0.05, 0) is 30.5 Å². The zero-order valence-electron chi connectivity index (χ0n) is 14.4. The van der Waals surface area contributed by atoms with E-state index in [1.54, 1.807) is 7.11 Å². The van der Waals surface area contributed by atoms with Gasteiger partial charge >= 0.3 is 0 Å². The first-order valence-electron chi connectivity index (χ1n) is 8.47. The lowest BCUT2D eigenvalue weighted by atomic mass is 9.87. The lowest BCUT2D eigenvalue weighted by Gasteiger charge is -2.26. The van der Waals surface area contributed by atoms with E-state index in [0.717, 1.165) is 49.3 Å². The van der Waals surface area contributed by atoms with Crippen LogP contribution >= 0.6 is 11.6 Å². The molecule has 6 heteroatoms. The molecule has 1 aromatic carbocycles. The quantitative estimate of drug-likeness (QED) is 0.669. The summed E-state index contributed by atoms with van der Waals surface area (Å²) in [6.45, 7) is 4.47. The van der Waals surface area contributed by atoms with Gasteiger partial charge in [0.05, 0.1) is 12.7 Å². The normalized spacial score (nSPS) is 25.5. The van der Waals surface area contributed by atoms with Gasteiger partial charge in [0.15, 0.2) is 5.96 Å². The lowest BCUT2D eigenvalue weighted by molar-refractivity contribution is 0.106. The molecule has 132 valence electrons. The van der Waals surface area contributed by atoms with E-state index < -0.39 is 0 Å². The average Bonchev–Trinajstić information content (AvgIpc) is 3.22. The number of likely N-dealkylation sites (tertiary alicyclic amines) is 1. The largest absolute Gasteiger partial charge is 0.381 e. The van der Waals surface area contributed by atoms with Crippen LogP contribution in [0.4, 0.5) is 0 Å². The maximum Gasteiger partial charge on any atom is 0.193 e. The van der Waals surface area contributed by atoms with E-state index in [9.17, 15) is 0 Å². The number of aliphatic imine (C=N–C) groups is 1. The van der Waals surface area contributed by atoms with Crippen molar-refractivity contribution < 1.29 is 9.47 Å². The Bertz CT molecular complexity index is 587. The molecule has 1 spiro atoms. The van der Waals surface area contributed by atoms with E-state index in [0.29, 0.717) is 12.0 Å². The van der Waals surface area contributed by atoms with E-state index in [-0.39, 0.29) is 6.10 Å². The summed E-state index contributed by atoms with van der Waals surface area (Å²) in [5.41, 5.74) is 1.39. The molecule has 0 aromatic heterocycles. The third-order valence-electron chi connectivity index (χ3n) is 5.09. The van der Waals surface area contributed by atoms with Crippen LogP contribution in [-0.4, -0.2) is 57.9 Å². The summed E-state index contributed by atoms with van der Waals surface area (Å²) in [7, 11) is 3.55. The van der Waals surface area contributed by atoms with Crippen LogP contribution < -0.4 is 5.32 Å². The smallest absolute Gasteiger partial charge is 0.193 e. The summed E-state index contributed by atoms with van der Waals surface area (Å²) >= 11 is 6.09. The summed E-state index contributed by atoms with van der Waals surface area (Å²) < 4.78 is 11.2. The van der Waals surface area contributed by atoms with Crippen LogP contribution in [0.3, 0.4) is 0 Å². The van der Waals surface area contributed by atoms with Crippen LogP contribution in [0.1, 0.15) is 24.5 Å². The fourth-order valence-electron chi connectivity index (χ4n) is 3.65. The highest BCUT2D eigenvalue weighted by molar-refractivity contribution is 6.30. The summed E-state index contributed by atoms with van der Waals surface area (Å²) in [5.74, 6) is 0.933. The van der Waals surface area contributed by atoms with Crippen molar-refractivity contribution in [3.63, 3.8) is 0 Å². The second kappa shape index (κ2) is 7.72. The molecule has 0 aliphatic carbocycles.